The number of hydrogen-bond donors (Lipinski definition) is 1. The Balaban J connectivity index is 1.20. The van der Waals surface area contributed by atoms with Crippen LogP contribution in [-0.4, -0.2) is 34.7 Å². The number of benzene rings is 2. The van der Waals surface area contributed by atoms with E-state index in [9.17, 15) is 4.79 Å². The predicted octanol–water partition coefficient (Wildman–Crippen LogP) is 6.29. The summed E-state index contributed by atoms with van der Waals surface area (Å²) in [5.74, 6) is 0.682. The molecule has 1 fully saturated rings. The van der Waals surface area contributed by atoms with Crippen molar-refractivity contribution in [2.45, 2.75) is 69.9 Å². The molecule has 1 amide bonds. The monoisotopic (exact) mass is 532 g/mol. The minimum Gasteiger partial charge on any atom is -0.342 e. The normalized spacial score (nSPS) is 20.9. The molecule has 1 N–H and O–H groups in total. The molecule has 2 aromatic carbocycles. The van der Waals surface area contributed by atoms with E-state index in [1.54, 1.807) is 6.21 Å². The van der Waals surface area contributed by atoms with Gasteiger partial charge in [0.15, 0.2) is 0 Å². The van der Waals surface area contributed by atoms with Crippen molar-refractivity contribution in [2.75, 3.05) is 13.1 Å². The molecule has 0 saturated heterocycles. The summed E-state index contributed by atoms with van der Waals surface area (Å²) in [4.78, 5) is 15.1. The minimum absolute atomic E-state index is 0.0486. The molecular formula is C29H33BrN4O. The van der Waals surface area contributed by atoms with Crippen molar-refractivity contribution >= 4 is 39.0 Å². The van der Waals surface area contributed by atoms with Gasteiger partial charge in [0.2, 0.25) is 0 Å². The van der Waals surface area contributed by atoms with E-state index in [1.165, 1.54) is 66.2 Å². The van der Waals surface area contributed by atoms with E-state index in [0.717, 1.165) is 41.9 Å². The Kier molecular flexibility index (Phi) is 6.50. The maximum Gasteiger partial charge on any atom is 0.254 e. The number of hydrazone groups is 1. The summed E-state index contributed by atoms with van der Waals surface area (Å²) < 4.78 is 3.55. The van der Waals surface area contributed by atoms with E-state index in [2.05, 4.69) is 54.1 Å². The van der Waals surface area contributed by atoms with Crippen molar-refractivity contribution in [3.05, 3.63) is 69.3 Å². The molecule has 1 aliphatic heterocycles. The van der Waals surface area contributed by atoms with Gasteiger partial charge < -0.3 is 4.57 Å². The highest BCUT2D eigenvalue weighted by molar-refractivity contribution is 9.10. The first-order valence-corrected chi connectivity index (χ1v) is 13.9. The summed E-state index contributed by atoms with van der Waals surface area (Å²) in [5.41, 5.74) is 9.62. The lowest BCUT2D eigenvalue weighted by molar-refractivity contribution is -0.123. The molecule has 6 heteroatoms. The summed E-state index contributed by atoms with van der Waals surface area (Å²) in [6, 6.07) is 15.5. The third-order valence-electron chi connectivity index (χ3n) is 8.18. The predicted molar refractivity (Wildman–Crippen MR) is 145 cm³/mol. The van der Waals surface area contributed by atoms with Crippen LogP contribution in [0.1, 0.15) is 79.3 Å². The zero-order chi connectivity index (χ0) is 23.8. The van der Waals surface area contributed by atoms with Gasteiger partial charge in [0.25, 0.3) is 5.91 Å². The average molecular weight is 534 g/mol. The molecule has 5 nitrogen and oxygen atoms in total. The quantitative estimate of drug-likeness (QED) is 0.309. The first-order chi connectivity index (χ1) is 17.2. The molecular weight excluding hydrogens is 500 g/mol. The lowest BCUT2D eigenvalue weighted by Gasteiger charge is -2.39. The van der Waals surface area contributed by atoms with Gasteiger partial charge in [0.1, 0.15) is 0 Å². The maximum atomic E-state index is 12.8. The number of aryl methyl sites for hydroxylation is 1. The third-order valence-corrected chi connectivity index (χ3v) is 8.68. The first-order valence-electron chi connectivity index (χ1n) is 13.1. The van der Waals surface area contributed by atoms with E-state index < -0.39 is 0 Å². The summed E-state index contributed by atoms with van der Waals surface area (Å²) >= 11 is 3.47. The van der Waals surface area contributed by atoms with Crippen molar-refractivity contribution in [1.82, 2.24) is 14.9 Å². The molecule has 2 aliphatic carbocycles. The molecule has 2 heterocycles. The molecule has 0 unspecified atom stereocenters. The van der Waals surface area contributed by atoms with Crippen LogP contribution in [0.25, 0.3) is 10.9 Å². The number of rotatable bonds is 5. The Morgan fingerprint density at radius 3 is 2.80 bits per heavy atom. The van der Waals surface area contributed by atoms with Crippen LogP contribution < -0.4 is 5.43 Å². The fourth-order valence-corrected chi connectivity index (χ4v) is 6.98. The third kappa shape index (κ3) is 4.58. The van der Waals surface area contributed by atoms with Gasteiger partial charge in [-0.25, -0.2) is 5.43 Å². The smallest absolute Gasteiger partial charge is 0.254 e. The van der Waals surface area contributed by atoms with Gasteiger partial charge in [0.05, 0.1) is 18.8 Å². The second kappa shape index (κ2) is 9.90. The zero-order valence-electron chi connectivity index (χ0n) is 20.2. The van der Waals surface area contributed by atoms with Crippen molar-refractivity contribution < 1.29 is 4.79 Å². The lowest BCUT2D eigenvalue weighted by Crippen LogP contribution is -2.44. The summed E-state index contributed by atoms with van der Waals surface area (Å²) in [6.45, 7) is 2.22. The van der Waals surface area contributed by atoms with Crippen molar-refractivity contribution in [3.8, 4) is 0 Å². The van der Waals surface area contributed by atoms with Gasteiger partial charge in [-0.1, -0.05) is 53.4 Å². The average Bonchev–Trinajstić information content (AvgIpc) is 3.21. The Morgan fingerprint density at radius 1 is 1.06 bits per heavy atom. The molecule has 0 radical (unpaired) electrons. The van der Waals surface area contributed by atoms with Crippen LogP contribution in [0.2, 0.25) is 0 Å². The molecule has 3 aliphatic rings. The summed E-state index contributed by atoms with van der Waals surface area (Å²) in [5, 5.41) is 5.66. The first kappa shape index (κ1) is 23.0. The molecule has 3 aromatic rings. The number of carbonyl (C=O) groups is 1. The Labute approximate surface area is 215 Å². The van der Waals surface area contributed by atoms with Crippen LogP contribution in [0.3, 0.4) is 0 Å². The zero-order valence-corrected chi connectivity index (χ0v) is 21.8. The molecule has 1 aromatic heterocycles. The van der Waals surface area contributed by atoms with Crippen molar-refractivity contribution in [3.63, 3.8) is 0 Å². The van der Waals surface area contributed by atoms with E-state index in [1.807, 2.05) is 24.3 Å². The molecule has 35 heavy (non-hydrogen) atoms. The van der Waals surface area contributed by atoms with Crippen LogP contribution >= 0.6 is 15.9 Å². The van der Waals surface area contributed by atoms with E-state index in [0.29, 0.717) is 12.6 Å². The number of amides is 1. The summed E-state index contributed by atoms with van der Waals surface area (Å²) in [6.07, 6.45) is 12.0. The number of halogens is 1. The van der Waals surface area contributed by atoms with Gasteiger partial charge in [0, 0.05) is 34.2 Å². The molecule has 0 bridgehead atoms. The van der Waals surface area contributed by atoms with Crippen LogP contribution in [0.5, 0.6) is 0 Å². The molecule has 0 spiro atoms. The highest BCUT2D eigenvalue weighted by atomic mass is 79.9. The second-order valence-corrected chi connectivity index (χ2v) is 11.3. The highest BCUT2D eigenvalue weighted by Gasteiger charge is 2.35. The maximum absolute atomic E-state index is 12.8. The van der Waals surface area contributed by atoms with Crippen LogP contribution in [-0.2, 0) is 17.8 Å². The summed E-state index contributed by atoms with van der Waals surface area (Å²) in [7, 11) is 0. The molecule has 6 rings (SSSR count). The van der Waals surface area contributed by atoms with E-state index in [-0.39, 0.29) is 5.91 Å². The Bertz CT molecular complexity index is 1270. The number of hydrogen-bond acceptors (Lipinski definition) is 3. The van der Waals surface area contributed by atoms with Gasteiger partial charge in [-0.05, 0) is 79.0 Å². The largest absolute Gasteiger partial charge is 0.342 e. The fraction of sp³-hybridized carbons (Fsp3) is 0.448. The molecule has 1 atom stereocenters. The number of carbonyl (C=O) groups excluding carboxylic acids is 1. The van der Waals surface area contributed by atoms with Crippen LogP contribution in [0.4, 0.5) is 0 Å². The van der Waals surface area contributed by atoms with Crippen molar-refractivity contribution in [2.24, 2.45) is 5.10 Å². The van der Waals surface area contributed by atoms with E-state index >= 15 is 0 Å². The van der Waals surface area contributed by atoms with Crippen molar-refractivity contribution in [1.29, 1.82) is 0 Å². The van der Waals surface area contributed by atoms with Gasteiger partial charge in [-0.3, -0.25) is 9.69 Å². The van der Waals surface area contributed by atoms with Crippen LogP contribution in [0, 0.1) is 0 Å². The fourth-order valence-electron chi connectivity index (χ4n) is 6.56. The topological polar surface area (TPSA) is 49.6 Å². The van der Waals surface area contributed by atoms with Gasteiger partial charge in [-0.15, -0.1) is 0 Å². The van der Waals surface area contributed by atoms with E-state index in [4.69, 9.17) is 0 Å². The molecule has 182 valence electrons. The number of fused-ring (bicyclic) bond motifs is 3. The lowest BCUT2D eigenvalue weighted by atomic mass is 9.83. The second-order valence-electron chi connectivity index (χ2n) is 10.4. The Hall–Kier alpha value is -2.44. The van der Waals surface area contributed by atoms with Crippen LogP contribution in [0.15, 0.2) is 52.0 Å². The standard InChI is InChI=1S/C29H33BrN4O/c30-23-9-4-6-20(16-23)18-31-32-28(35)19-33-14-15-34-26-13-12-22(21-7-2-1-3-8-21)17-25(26)24-10-5-11-27(33)29(24)34/h4,6,9,12-13,16-18,21,27H,1-3,5,7-8,10-11,14-15,19H2,(H,32,35)/b31-18+/t27-/m1/s1. The molecule has 1 saturated carbocycles. The highest BCUT2D eigenvalue weighted by Crippen LogP contribution is 2.44. The number of nitrogens with zero attached hydrogens (tertiary/aromatic N) is 3. The number of aromatic nitrogens is 1. The number of nitrogens with one attached hydrogen (secondary N) is 1. The van der Waals surface area contributed by atoms with Gasteiger partial charge >= 0.3 is 0 Å². The minimum atomic E-state index is -0.0486. The SMILES string of the molecule is O=C(CN1CCn2c3c(c4cc(C5CCCCC5)ccc42)CCC[C@H]31)N/N=C/c1cccc(Br)c1. The Morgan fingerprint density at radius 2 is 1.94 bits per heavy atom. The van der Waals surface area contributed by atoms with Gasteiger partial charge in [-0.2, -0.15) is 5.10 Å².